The number of rotatable bonds is 2. The zero-order chi connectivity index (χ0) is 13.4. The molecule has 0 saturated heterocycles. The lowest BCUT2D eigenvalue weighted by molar-refractivity contribution is 0.373. The van der Waals surface area contributed by atoms with E-state index < -0.39 is 0 Å². The number of aromatic hydroxyl groups is 1. The third-order valence-corrected chi connectivity index (χ3v) is 3.63. The second kappa shape index (κ2) is 4.70. The Labute approximate surface area is 116 Å². The first-order chi connectivity index (χ1) is 9.19. The normalized spacial score (nSPS) is 13.4. The van der Waals surface area contributed by atoms with Gasteiger partial charge in [-0.2, -0.15) is 0 Å². The summed E-state index contributed by atoms with van der Waals surface area (Å²) in [7, 11) is 1.51. The van der Waals surface area contributed by atoms with Crippen molar-refractivity contribution < 1.29 is 9.84 Å². The first-order valence-electron chi connectivity index (χ1n) is 6.11. The lowest BCUT2D eigenvalue weighted by Crippen LogP contribution is -1.97. The molecule has 0 aliphatic heterocycles. The molecule has 1 heterocycles. The minimum Gasteiger partial charge on any atom is -0.504 e. The van der Waals surface area contributed by atoms with Crippen LogP contribution in [0.2, 0.25) is 5.15 Å². The molecule has 0 spiro atoms. The van der Waals surface area contributed by atoms with Crippen LogP contribution in [0.4, 0.5) is 0 Å². The highest BCUT2D eigenvalue weighted by molar-refractivity contribution is 6.30. The number of aromatic nitrogens is 2. The molecule has 3 rings (SSSR count). The second-order valence-electron chi connectivity index (χ2n) is 4.50. The SMILES string of the molecule is COc1ccc(-c2nc(Cl)c3c(n2)CCC3)cc1O. The van der Waals surface area contributed by atoms with Gasteiger partial charge in [0.1, 0.15) is 5.15 Å². The van der Waals surface area contributed by atoms with Gasteiger partial charge >= 0.3 is 0 Å². The number of hydrogen-bond donors (Lipinski definition) is 1. The maximum absolute atomic E-state index is 9.80. The van der Waals surface area contributed by atoms with Crippen molar-refractivity contribution in [2.75, 3.05) is 7.11 Å². The van der Waals surface area contributed by atoms with E-state index in [1.165, 1.54) is 7.11 Å². The van der Waals surface area contributed by atoms with Gasteiger partial charge in [-0.25, -0.2) is 9.97 Å². The summed E-state index contributed by atoms with van der Waals surface area (Å²) < 4.78 is 5.02. The van der Waals surface area contributed by atoms with Crippen molar-refractivity contribution >= 4 is 11.6 Å². The van der Waals surface area contributed by atoms with Gasteiger partial charge in [-0.1, -0.05) is 11.6 Å². The maximum atomic E-state index is 9.80. The van der Waals surface area contributed by atoms with E-state index in [4.69, 9.17) is 16.3 Å². The van der Waals surface area contributed by atoms with Crippen LogP contribution >= 0.6 is 11.6 Å². The van der Waals surface area contributed by atoms with Gasteiger partial charge in [-0.3, -0.25) is 0 Å². The minimum atomic E-state index is 0.0696. The van der Waals surface area contributed by atoms with Crippen molar-refractivity contribution in [3.63, 3.8) is 0 Å². The number of nitrogens with zero attached hydrogens (tertiary/aromatic N) is 2. The third kappa shape index (κ3) is 2.12. The molecule has 4 nitrogen and oxygen atoms in total. The summed E-state index contributed by atoms with van der Waals surface area (Å²) in [6.07, 6.45) is 2.95. The number of fused-ring (bicyclic) bond motifs is 1. The van der Waals surface area contributed by atoms with Gasteiger partial charge in [0.25, 0.3) is 0 Å². The maximum Gasteiger partial charge on any atom is 0.161 e. The second-order valence-corrected chi connectivity index (χ2v) is 4.86. The molecular weight excluding hydrogens is 264 g/mol. The molecular formula is C14H13ClN2O2. The summed E-state index contributed by atoms with van der Waals surface area (Å²) in [6.45, 7) is 0. The standard InChI is InChI=1S/C14H13ClN2O2/c1-19-12-6-5-8(7-11(12)18)14-16-10-4-2-3-9(10)13(15)17-14/h5-7,18H,2-4H2,1H3. The first-order valence-corrected chi connectivity index (χ1v) is 6.49. The Kier molecular flexibility index (Phi) is 3.03. The number of aryl methyl sites for hydroxylation is 1. The zero-order valence-electron chi connectivity index (χ0n) is 10.5. The van der Waals surface area contributed by atoms with Crippen molar-refractivity contribution in [1.29, 1.82) is 0 Å². The molecule has 1 aliphatic carbocycles. The predicted molar refractivity (Wildman–Crippen MR) is 72.7 cm³/mol. The summed E-state index contributed by atoms with van der Waals surface area (Å²) in [5.74, 6) is 1.04. The average Bonchev–Trinajstić information content (AvgIpc) is 2.87. The third-order valence-electron chi connectivity index (χ3n) is 3.32. The number of phenolic OH excluding ortho intramolecular Hbond substituents is 1. The van der Waals surface area contributed by atoms with Crippen LogP contribution in [0, 0.1) is 0 Å². The Morgan fingerprint density at radius 2 is 2.11 bits per heavy atom. The number of benzene rings is 1. The molecule has 0 fully saturated rings. The molecule has 0 bridgehead atoms. The van der Waals surface area contributed by atoms with Crippen LogP contribution in [-0.4, -0.2) is 22.2 Å². The number of hydrogen-bond acceptors (Lipinski definition) is 4. The monoisotopic (exact) mass is 276 g/mol. The molecule has 1 N–H and O–H groups in total. The van der Waals surface area contributed by atoms with Crippen LogP contribution in [0.1, 0.15) is 17.7 Å². The van der Waals surface area contributed by atoms with Crippen LogP contribution in [-0.2, 0) is 12.8 Å². The topological polar surface area (TPSA) is 55.2 Å². The summed E-state index contributed by atoms with van der Waals surface area (Å²) >= 11 is 6.18. The van der Waals surface area contributed by atoms with Gasteiger partial charge in [-0.15, -0.1) is 0 Å². The molecule has 0 amide bonds. The Balaban J connectivity index is 2.07. The molecule has 0 unspecified atom stereocenters. The van der Waals surface area contributed by atoms with E-state index in [0.29, 0.717) is 16.7 Å². The van der Waals surface area contributed by atoms with Gasteiger partial charge in [0.05, 0.1) is 7.11 Å². The predicted octanol–water partition coefficient (Wildman–Crippen LogP) is 3.00. The molecule has 2 aromatic rings. The molecule has 1 aliphatic rings. The van der Waals surface area contributed by atoms with Crippen molar-refractivity contribution in [2.24, 2.45) is 0 Å². The van der Waals surface area contributed by atoms with Gasteiger partial charge in [0.2, 0.25) is 0 Å². The number of methoxy groups -OCH3 is 1. The van der Waals surface area contributed by atoms with Crippen LogP contribution in [0.25, 0.3) is 11.4 Å². The van der Waals surface area contributed by atoms with E-state index in [2.05, 4.69) is 9.97 Å². The Morgan fingerprint density at radius 1 is 1.26 bits per heavy atom. The summed E-state index contributed by atoms with van der Waals surface area (Å²) in [6, 6.07) is 5.09. The van der Waals surface area contributed by atoms with Gasteiger partial charge in [0.15, 0.2) is 17.3 Å². The van der Waals surface area contributed by atoms with Crippen LogP contribution in [0.3, 0.4) is 0 Å². The zero-order valence-corrected chi connectivity index (χ0v) is 11.2. The summed E-state index contributed by atoms with van der Waals surface area (Å²) in [5.41, 5.74) is 2.81. The van der Waals surface area contributed by atoms with Crippen LogP contribution in [0.5, 0.6) is 11.5 Å². The van der Waals surface area contributed by atoms with Crippen molar-refractivity contribution in [3.05, 3.63) is 34.6 Å². The highest BCUT2D eigenvalue weighted by Crippen LogP contribution is 2.32. The number of phenols is 1. The molecule has 5 heteroatoms. The Bertz CT molecular complexity index is 644. The van der Waals surface area contributed by atoms with E-state index in [0.717, 1.165) is 36.1 Å². The summed E-state index contributed by atoms with van der Waals surface area (Å²) in [5, 5.41) is 10.3. The lowest BCUT2D eigenvalue weighted by atomic mass is 10.1. The fourth-order valence-electron chi connectivity index (χ4n) is 2.34. The molecule has 1 aromatic heterocycles. The smallest absolute Gasteiger partial charge is 0.161 e. The van der Waals surface area contributed by atoms with E-state index in [9.17, 15) is 5.11 Å². The molecule has 0 atom stereocenters. The molecule has 19 heavy (non-hydrogen) atoms. The fourth-order valence-corrected chi connectivity index (χ4v) is 2.63. The quantitative estimate of drug-likeness (QED) is 0.857. The largest absolute Gasteiger partial charge is 0.504 e. The highest BCUT2D eigenvalue weighted by atomic mass is 35.5. The van der Waals surface area contributed by atoms with E-state index >= 15 is 0 Å². The Hall–Kier alpha value is -1.81. The molecule has 0 saturated carbocycles. The Morgan fingerprint density at radius 3 is 2.84 bits per heavy atom. The first kappa shape index (κ1) is 12.2. The van der Waals surface area contributed by atoms with Crippen LogP contribution < -0.4 is 4.74 Å². The molecule has 98 valence electrons. The van der Waals surface area contributed by atoms with Crippen molar-refractivity contribution in [3.8, 4) is 22.9 Å². The number of halogens is 1. The minimum absolute atomic E-state index is 0.0696. The van der Waals surface area contributed by atoms with E-state index in [1.54, 1.807) is 12.1 Å². The fraction of sp³-hybridized carbons (Fsp3) is 0.286. The number of ether oxygens (including phenoxy) is 1. The van der Waals surface area contributed by atoms with Gasteiger partial charge < -0.3 is 9.84 Å². The molecule has 0 radical (unpaired) electrons. The highest BCUT2D eigenvalue weighted by Gasteiger charge is 2.19. The average molecular weight is 277 g/mol. The van der Waals surface area contributed by atoms with Gasteiger partial charge in [-0.05, 0) is 37.5 Å². The van der Waals surface area contributed by atoms with E-state index in [1.807, 2.05) is 6.07 Å². The summed E-state index contributed by atoms with van der Waals surface area (Å²) in [4.78, 5) is 8.85. The van der Waals surface area contributed by atoms with Crippen molar-refractivity contribution in [1.82, 2.24) is 9.97 Å². The van der Waals surface area contributed by atoms with Gasteiger partial charge in [0, 0.05) is 16.8 Å². The van der Waals surface area contributed by atoms with E-state index in [-0.39, 0.29) is 5.75 Å². The van der Waals surface area contributed by atoms with Crippen LogP contribution in [0.15, 0.2) is 18.2 Å². The molecule has 1 aromatic carbocycles. The lowest BCUT2D eigenvalue weighted by Gasteiger charge is -2.08. The van der Waals surface area contributed by atoms with Crippen molar-refractivity contribution in [2.45, 2.75) is 19.3 Å².